The lowest BCUT2D eigenvalue weighted by Gasteiger charge is -2.42. The van der Waals surface area contributed by atoms with Crippen molar-refractivity contribution in [3.05, 3.63) is 54.5 Å². The highest BCUT2D eigenvalue weighted by Crippen LogP contribution is 2.42. The predicted octanol–water partition coefficient (Wildman–Crippen LogP) is 4.58. The number of hydrogen-bond acceptors (Lipinski definition) is 7. The number of piperidine rings is 1. The number of aliphatic carboxylic acids is 2. The van der Waals surface area contributed by atoms with E-state index >= 15 is 0 Å². The number of carbonyl (C=O) groups is 2. The Balaban J connectivity index is 0.000000333. The van der Waals surface area contributed by atoms with Crippen molar-refractivity contribution in [3.63, 3.8) is 0 Å². The molecule has 4 rings (SSSR count). The number of hydrogen-bond donors (Lipinski definition) is 2. The molecule has 2 N–H and O–H groups in total. The summed E-state index contributed by atoms with van der Waals surface area (Å²) in [4.78, 5) is 29.0. The van der Waals surface area contributed by atoms with Crippen LogP contribution in [0.25, 0.3) is 0 Å². The number of carboxylic acids is 2. The molecule has 1 spiro atoms. The average Bonchev–Trinajstić information content (AvgIpc) is 3.28. The van der Waals surface area contributed by atoms with Crippen molar-refractivity contribution >= 4 is 11.9 Å². The minimum absolute atomic E-state index is 0.0497. The van der Waals surface area contributed by atoms with Gasteiger partial charge in [0.2, 0.25) is 5.88 Å². The smallest absolute Gasteiger partial charge is 0.478 e. The molecule has 1 atom stereocenters. The molecule has 0 saturated carbocycles. The minimum Gasteiger partial charge on any atom is -0.478 e. The molecule has 0 bridgehead atoms. The molecule has 0 aliphatic carbocycles. The third-order valence-corrected chi connectivity index (χ3v) is 6.25. The summed E-state index contributed by atoms with van der Waals surface area (Å²) in [5, 5.41) is 14.2. The summed E-state index contributed by atoms with van der Waals surface area (Å²) in [5.41, 5.74) is 1.20. The van der Waals surface area contributed by atoms with Crippen LogP contribution in [0, 0.1) is 5.92 Å². The van der Waals surface area contributed by atoms with E-state index in [0.29, 0.717) is 18.4 Å². The molecule has 2 saturated heterocycles. The van der Waals surface area contributed by atoms with Crippen LogP contribution in [0.15, 0.2) is 48.8 Å². The topological polar surface area (TPSA) is 122 Å². The Bertz CT molecular complexity index is 1020. The monoisotopic (exact) mass is 581 g/mol. The standard InChI is InChI=1S/C21H27N3O2.2C2HF3O2/c1-3-11-22-19(5-1)17-24-13-9-21(10-14-24)18(8-16-26-21)7-15-25-20-6-2-4-12-23-20;2*3-2(4,5)1(6)7/h1-6,11-12,18H,7-10,13-17H2;2*(H,6,7). The van der Waals surface area contributed by atoms with E-state index in [2.05, 4.69) is 27.0 Å². The van der Waals surface area contributed by atoms with Gasteiger partial charge in [-0.15, -0.1) is 0 Å². The third-order valence-electron chi connectivity index (χ3n) is 6.25. The maximum atomic E-state index is 10.6. The van der Waals surface area contributed by atoms with E-state index in [4.69, 9.17) is 29.3 Å². The molecule has 2 aliphatic heterocycles. The summed E-state index contributed by atoms with van der Waals surface area (Å²) in [5.74, 6) is -4.21. The van der Waals surface area contributed by atoms with E-state index in [1.54, 1.807) is 6.20 Å². The van der Waals surface area contributed by atoms with Gasteiger partial charge in [0.15, 0.2) is 0 Å². The number of alkyl halides is 6. The molecule has 2 fully saturated rings. The van der Waals surface area contributed by atoms with Crippen molar-refractivity contribution in [3.8, 4) is 5.88 Å². The number of pyridine rings is 2. The van der Waals surface area contributed by atoms with E-state index < -0.39 is 24.3 Å². The van der Waals surface area contributed by atoms with Crippen LogP contribution >= 0.6 is 0 Å². The Kier molecular flexibility index (Phi) is 12.1. The van der Waals surface area contributed by atoms with Gasteiger partial charge in [-0.2, -0.15) is 26.3 Å². The van der Waals surface area contributed by atoms with Gasteiger partial charge in [-0.25, -0.2) is 14.6 Å². The van der Waals surface area contributed by atoms with Gasteiger partial charge in [-0.1, -0.05) is 12.1 Å². The van der Waals surface area contributed by atoms with Crippen molar-refractivity contribution in [2.75, 3.05) is 26.3 Å². The van der Waals surface area contributed by atoms with Gasteiger partial charge < -0.3 is 19.7 Å². The van der Waals surface area contributed by atoms with Gasteiger partial charge in [0.25, 0.3) is 0 Å². The van der Waals surface area contributed by atoms with Gasteiger partial charge in [-0.3, -0.25) is 9.88 Å². The molecule has 0 amide bonds. The normalized spacial score (nSPS) is 18.6. The highest BCUT2D eigenvalue weighted by molar-refractivity contribution is 5.73. The molecule has 2 aliphatic rings. The molecule has 4 heterocycles. The Morgan fingerprint density at radius 3 is 1.98 bits per heavy atom. The molecule has 2 aromatic heterocycles. The predicted molar refractivity (Wildman–Crippen MR) is 127 cm³/mol. The van der Waals surface area contributed by atoms with E-state index in [-0.39, 0.29) is 5.60 Å². The molecule has 40 heavy (non-hydrogen) atoms. The van der Waals surface area contributed by atoms with Crippen LogP contribution in [0.3, 0.4) is 0 Å². The molecule has 0 radical (unpaired) electrons. The van der Waals surface area contributed by atoms with Crippen LogP contribution < -0.4 is 4.74 Å². The molecule has 222 valence electrons. The SMILES string of the molecule is O=C(O)C(F)(F)F.O=C(O)C(F)(F)F.c1ccc(CN2CCC3(CC2)OCCC3CCOc2ccccn2)nc1. The molecule has 2 aromatic rings. The number of carboxylic acid groups (broad SMARTS) is 2. The summed E-state index contributed by atoms with van der Waals surface area (Å²) in [6.45, 7) is 4.69. The first kappa shape index (κ1) is 32.8. The fourth-order valence-electron chi connectivity index (χ4n) is 4.29. The summed E-state index contributed by atoms with van der Waals surface area (Å²) >= 11 is 0. The van der Waals surface area contributed by atoms with Gasteiger partial charge >= 0.3 is 24.3 Å². The van der Waals surface area contributed by atoms with Crippen molar-refractivity contribution < 1.29 is 55.6 Å². The second kappa shape index (κ2) is 14.8. The van der Waals surface area contributed by atoms with Crippen molar-refractivity contribution in [1.82, 2.24) is 14.9 Å². The highest BCUT2D eigenvalue weighted by atomic mass is 19.4. The van der Waals surface area contributed by atoms with Crippen LogP contribution in [0.5, 0.6) is 5.88 Å². The van der Waals surface area contributed by atoms with Crippen LogP contribution in [0.2, 0.25) is 0 Å². The maximum absolute atomic E-state index is 10.6. The van der Waals surface area contributed by atoms with E-state index in [0.717, 1.165) is 57.6 Å². The largest absolute Gasteiger partial charge is 0.490 e. The molecular formula is C25H29F6N3O6. The van der Waals surface area contributed by atoms with Gasteiger partial charge in [0.1, 0.15) is 0 Å². The zero-order valence-electron chi connectivity index (χ0n) is 21.2. The van der Waals surface area contributed by atoms with E-state index in [1.165, 1.54) is 0 Å². The molecule has 15 heteroatoms. The Morgan fingerprint density at radius 1 is 0.950 bits per heavy atom. The summed E-state index contributed by atoms with van der Waals surface area (Å²) < 4.78 is 75.6. The van der Waals surface area contributed by atoms with Crippen LogP contribution in [0.1, 0.15) is 31.4 Å². The maximum Gasteiger partial charge on any atom is 0.490 e. The number of rotatable bonds is 6. The number of likely N-dealkylation sites (tertiary alicyclic amines) is 1. The fraction of sp³-hybridized carbons (Fsp3) is 0.520. The molecular weight excluding hydrogens is 552 g/mol. The summed E-state index contributed by atoms with van der Waals surface area (Å²) in [6, 6.07) is 11.9. The summed E-state index contributed by atoms with van der Waals surface area (Å²) in [6.07, 6.45) is -2.13. The van der Waals surface area contributed by atoms with Crippen molar-refractivity contribution in [2.45, 2.75) is 50.2 Å². The van der Waals surface area contributed by atoms with Crippen molar-refractivity contribution in [1.29, 1.82) is 0 Å². The number of nitrogens with zero attached hydrogens (tertiary/aromatic N) is 3. The zero-order chi connectivity index (χ0) is 29.8. The lowest BCUT2D eigenvalue weighted by atomic mass is 9.78. The second-order valence-corrected chi connectivity index (χ2v) is 8.91. The van der Waals surface area contributed by atoms with Crippen molar-refractivity contribution in [2.24, 2.45) is 5.92 Å². The molecule has 1 unspecified atom stereocenters. The fourth-order valence-corrected chi connectivity index (χ4v) is 4.29. The lowest BCUT2D eigenvalue weighted by Crippen LogP contribution is -2.47. The Morgan fingerprint density at radius 2 is 1.50 bits per heavy atom. The quantitative estimate of drug-likeness (QED) is 0.472. The molecule has 9 nitrogen and oxygen atoms in total. The summed E-state index contributed by atoms with van der Waals surface area (Å²) in [7, 11) is 0. The Hall–Kier alpha value is -3.46. The number of ether oxygens (including phenoxy) is 2. The molecule has 0 aromatic carbocycles. The first-order chi connectivity index (χ1) is 18.7. The minimum atomic E-state index is -5.08. The van der Waals surface area contributed by atoms with Crippen LogP contribution in [-0.4, -0.2) is 81.3 Å². The van der Waals surface area contributed by atoms with Crippen LogP contribution in [0.4, 0.5) is 26.3 Å². The van der Waals surface area contributed by atoms with E-state index in [1.807, 2.05) is 30.5 Å². The van der Waals surface area contributed by atoms with E-state index in [9.17, 15) is 26.3 Å². The van der Waals surface area contributed by atoms with Gasteiger partial charge in [-0.05, 0) is 49.8 Å². The highest BCUT2D eigenvalue weighted by Gasteiger charge is 2.45. The first-order valence-electron chi connectivity index (χ1n) is 12.1. The average molecular weight is 582 g/mol. The number of halogens is 6. The second-order valence-electron chi connectivity index (χ2n) is 8.91. The Labute approximate surface area is 225 Å². The number of aromatic nitrogens is 2. The van der Waals surface area contributed by atoms with Gasteiger partial charge in [0.05, 0.1) is 17.9 Å². The third kappa shape index (κ3) is 11.0. The van der Waals surface area contributed by atoms with Gasteiger partial charge in [0, 0.05) is 44.7 Å². The lowest BCUT2D eigenvalue weighted by molar-refractivity contribution is -0.193. The zero-order valence-corrected chi connectivity index (χ0v) is 21.2. The first-order valence-corrected chi connectivity index (χ1v) is 12.1. The van der Waals surface area contributed by atoms with Crippen LogP contribution in [-0.2, 0) is 20.9 Å².